The number of rotatable bonds is 10. The van der Waals surface area contributed by atoms with E-state index in [4.69, 9.17) is 25.2 Å². The van der Waals surface area contributed by atoms with Gasteiger partial charge in [-0.05, 0) is 98.7 Å². The summed E-state index contributed by atoms with van der Waals surface area (Å²) >= 11 is 0. The molecule has 17 heteroatoms. The van der Waals surface area contributed by atoms with Crippen LogP contribution in [0.25, 0.3) is 10.9 Å². The number of alkyl halides is 3. The summed E-state index contributed by atoms with van der Waals surface area (Å²) in [6.45, 7) is 11.3. The Morgan fingerprint density at radius 2 is 1.71 bits per heavy atom. The predicted molar refractivity (Wildman–Crippen MR) is 233 cm³/mol. The number of carbonyl (C=O) groups is 3. The van der Waals surface area contributed by atoms with E-state index < -0.39 is 23.8 Å². The molecular weight excluding hydrogens is 816 g/mol. The fourth-order valence-electron chi connectivity index (χ4n) is 9.75. The highest BCUT2D eigenvalue weighted by Gasteiger charge is 2.42. The van der Waals surface area contributed by atoms with E-state index in [0.717, 1.165) is 99.0 Å². The van der Waals surface area contributed by atoms with Crippen LogP contribution >= 0.6 is 0 Å². The molecule has 3 amide bonds. The second-order valence-electron chi connectivity index (χ2n) is 17.7. The lowest BCUT2D eigenvalue weighted by Gasteiger charge is -2.40. The van der Waals surface area contributed by atoms with Crippen LogP contribution in [0.5, 0.6) is 5.75 Å². The second kappa shape index (κ2) is 17.1. The van der Waals surface area contributed by atoms with Crippen LogP contribution in [0.15, 0.2) is 48.5 Å². The first-order valence-electron chi connectivity index (χ1n) is 22.0. The number of anilines is 4. The summed E-state index contributed by atoms with van der Waals surface area (Å²) < 4.78 is 53.2. The molecule has 5 aliphatic rings. The number of amides is 3. The van der Waals surface area contributed by atoms with Gasteiger partial charge in [-0.1, -0.05) is 0 Å². The Hall–Kier alpha value is -5.68. The fraction of sp³-hybridized carbons (Fsp3) is 0.500. The molecule has 3 aromatic carbocycles. The lowest BCUT2D eigenvalue weighted by Crippen LogP contribution is -2.53. The molecule has 6 heterocycles. The molecule has 0 radical (unpaired) electrons. The number of carbonyl (C=O) groups excluding carboxylic acids is 3. The maximum absolute atomic E-state index is 13.7. The number of nitrogens with zero attached hydrogens (tertiary/aromatic N) is 7. The Bertz CT molecular complexity index is 2410. The first-order valence-corrected chi connectivity index (χ1v) is 22.0. The summed E-state index contributed by atoms with van der Waals surface area (Å²) in [6, 6.07) is 12.4. The van der Waals surface area contributed by atoms with Crippen LogP contribution in [-0.2, 0) is 27.0 Å². The Balaban J connectivity index is 0.839. The number of piperazine rings is 1. The van der Waals surface area contributed by atoms with E-state index in [1.165, 1.54) is 7.05 Å². The van der Waals surface area contributed by atoms with Crippen molar-refractivity contribution in [2.75, 3.05) is 86.9 Å². The second-order valence-corrected chi connectivity index (χ2v) is 17.7. The van der Waals surface area contributed by atoms with Crippen LogP contribution in [0.2, 0.25) is 0 Å². The molecule has 14 nitrogen and oxygen atoms in total. The van der Waals surface area contributed by atoms with Gasteiger partial charge in [0.25, 0.3) is 11.8 Å². The third-order valence-corrected chi connectivity index (χ3v) is 13.4. The molecule has 3 N–H and O–H groups in total. The van der Waals surface area contributed by atoms with Gasteiger partial charge in [0.1, 0.15) is 29.5 Å². The topological polar surface area (TPSA) is 150 Å². The van der Waals surface area contributed by atoms with Crippen molar-refractivity contribution in [1.82, 2.24) is 24.7 Å². The van der Waals surface area contributed by atoms with Crippen LogP contribution in [0, 0.1) is 12.8 Å². The summed E-state index contributed by atoms with van der Waals surface area (Å²) in [4.78, 5) is 57.8. The minimum atomic E-state index is -4.53. The minimum Gasteiger partial charge on any atom is -0.486 e. The van der Waals surface area contributed by atoms with Gasteiger partial charge in [-0.3, -0.25) is 24.2 Å². The molecule has 9 rings (SSSR count). The van der Waals surface area contributed by atoms with Crippen molar-refractivity contribution in [3.63, 3.8) is 0 Å². The van der Waals surface area contributed by atoms with Crippen LogP contribution in [0.1, 0.15) is 77.9 Å². The molecule has 334 valence electrons. The Kier molecular flexibility index (Phi) is 11.6. The van der Waals surface area contributed by atoms with Crippen molar-refractivity contribution in [3.8, 4) is 5.75 Å². The Morgan fingerprint density at radius 3 is 2.44 bits per heavy atom. The number of benzene rings is 3. The smallest absolute Gasteiger partial charge is 0.416 e. The highest BCUT2D eigenvalue weighted by molar-refractivity contribution is 6.05. The molecule has 63 heavy (non-hydrogen) atoms. The van der Waals surface area contributed by atoms with Gasteiger partial charge in [0.15, 0.2) is 0 Å². The quantitative estimate of drug-likeness (QED) is 0.142. The summed E-state index contributed by atoms with van der Waals surface area (Å²) in [7, 11) is 1.49. The van der Waals surface area contributed by atoms with E-state index in [1.807, 2.05) is 24.3 Å². The molecule has 4 fully saturated rings. The highest BCUT2D eigenvalue weighted by Crippen LogP contribution is 2.39. The average Bonchev–Trinajstić information content (AvgIpc) is 3.90. The maximum Gasteiger partial charge on any atom is 0.416 e. The number of aromatic nitrogens is 2. The lowest BCUT2D eigenvalue weighted by atomic mass is 9.95. The number of imide groups is 1. The van der Waals surface area contributed by atoms with E-state index in [1.54, 1.807) is 24.8 Å². The van der Waals surface area contributed by atoms with Gasteiger partial charge in [0, 0.05) is 94.6 Å². The van der Waals surface area contributed by atoms with E-state index in [2.05, 4.69) is 26.1 Å². The van der Waals surface area contributed by atoms with Gasteiger partial charge < -0.3 is 35.2 Å². The van der Waals surface area contributed by atoms with Crippen molar-refractivity contribution in [3.05, 3.63) is 76.6 Å². The molecule has 3 atom stereocenters. The molecular formula is C46H54F3N9O5. The first-order chi connectivity index (χ1) is 30.2. The number of hydrogen-bond acceptors (Lipinski definition) is 12. The molecule has 0 aliphatic carbocycles. The summed E-state index contributed by atoms with van der Waals surface area (Å²) in [5, 5.41) is 4.04. The van der Waals surface area contributed by atoms with Crippen molar-refractivity contribution in [1.29, 1.82) is 0 Å². The number of nitrogens with two attached hydrogens (primary N) is 1. The molecule has 4 aromatic rings. The molecule has 4 saturated heterocycles. The van der Waals surface area contributed by atoms with Crippen LogP contribution in [0.4, 0.5) is 36.1 Å². The zero-order valence-electron chi connectivity index (χ0n) is 35.9. The number of fused-ring (bicyclic) bond motifs is 2. The number of hydrogen-bond donors (Lipinski definition) is 2. The van der Waals surface area contributed by atoms with E-state index >= 15 is 0 Å². The fourth-order valence-corrected chi connectivity index (χ4v) is 9.75. The minimum absolute atomic E-state index is 0.0344. The maximum atomic E-state index is 13.7. The molecule has 1 aromatic heterocycles. The lowest BCUT2D eigenvalue weighted by molar-refractivity contribution is -0.150. The zero-order valence-corrected chi connectivity index (χ0v) is 35.9. The largest absolute Gasteiger partial charge is 0.486 e. The van der Waals surface area contributed by atoms with Gasteiger partial charge in [-0.15, -0.1) is 0 Å². The number of piperidine rings is 2. The molecule has 0 spiro atoms. The third kappa shape index (κ3) is 8.81. The van der Waals surface area contributed by atoms with Crippen molar-refractivity contribution in [2.24, 2.45) is 5.92 Å². The van der Waals surface area contributed by atoms with Gasteiger partial charge in [-0.25, -0.2) is 9.97 Å². The Labute approximate surface area is 364 Å². The van der Waals surface area contributed by atoms with Crippen molar-refractivity contribution in [2.45, 2.75) is 76.9 Å². The third-order valence-electron chi connectivity index (χ3n) is 13.4. The van der Waals surface area contributed by atoms with Crippen molar-refractivity contribution >= 4 is 51.5 Å². The Morgan fingerprint density at radius 1 is 0.937 bits per heavy atom. The first kappa shape index (κ1) is 42.6. The number of likely N-dealkylation sites (N-methyl/N-ethyl adjacent to an activating group) is 1. The van der Waals surface area contributed by atoms with Gasteiger partial charge >= 0.3 is 6.18 Å². The number of nitrogen functional groups attached to an aromatic ring is 1. The summed E-state index contributed by atoms with van der Waals surface area (Å²) in [5.74, 6) is 1.60. The van der Waals surface area contributed by atoms with Crippen LogP contribution in [-0.4, -0.2) is 121 Å². The van der Waals surface area contributed by atoms with Crippen LogP contribution < -0.4 is 25.6 Å². The van der Waals surface area contributed by atoms with Gasteiger partial charge in [0.05, 0.1) is 36.0 Å². The standard InChI is InChI=1S/C46H54F3N9O5/c1-27(30-18-32(46(47,48)49)21-33(50)19-30)51-43-37-22-41(63-35-10-17-62-26-35)40(23-38(37)52-28(2)53-43)57-15-13-55(14-16-57)24-29-8-11-56(12-9-29)34-4-5-36-31(20-34)25-58(44(36)60)39-6-7-42(59)54(3)45(39)61/h4-5,18-23,27,29,35,39H,6-17,24-26,50H2,1-3H3,(H,51,52,53)/t27-,35+,39?/m1/s1. The van der Waals surface area contributed by atoms with E-state index in [-0.39, 0.29) is 35.9 Å². The average molecular weight is 870 g/mol. The summed E-state index contributed by atoms with van der Waals surface area (Å²) in [5.41, 5.74) is 9.82. The van der Waals surface area contributed by atoms with Gasteiger partial charge in [-0.2, -0.15) is 13.2 Å². The molecule has 0 bridgehead atoms. The highest BCUT2D eigenvalue weighted by atomic mass is 19.4. The van der Waals surface area contributed by atoms with Crippen LogP contribution in [0.3, 0.4) is 0 Å². The predicted octanol–water partition coefficient (Wildman–Crippen LogP) is 6.02. The zero-order chi connectivity index (χ0) is 44.2. The normalized spacial score (nSPS) is 22.0. The summed E-state index contributed by atoms with van der Waals surface area (Å²) in [6.07, 6.45) is -1.14. The van der Waals surface area contributed by atoms with Crippen molar-refractivity contribution < 1.29 is 37.0 Å². The number of nitrogens with one attached hydrogen (secondary N) is 1. The number of halogens is 3. The number of aryl methyl sites for hydroxylation is 1. The number of likely N-dealkylation sites (tertiary alicyclic amines) is 1. The SMILES string of the molecule is Cc1nc(N[C@H](C)c2cc(N)cc(C(F)(F)F)c2)c2cc(O[C@H]3CCOC3)c(N3CCN(CC4CCN(c5ccc6c(c5)CN(C5CCC(=O)N(C)C5=O)C6=O)CC4)CC3)cc2n1. The van der Waals surface area contributed by atoms with E-state index in [0.29, 0.717) is 71.5 Å². The number of ether oxygens (including phenoxy) is 2. The molecule has 1 unspecified atom stereocenters. The van der Waals surface area contributed by atoms with E-state index in [9.17, 15) is 27.6 Å². The molecule has 5 aliphatic heterocycles. The van der Waals surface area contributed by atoms with Gasteiger partial charge in [0.2, 0.25) is 5.91 Å². The monoisotopic (exact) mass is 869 g/mol. The molecule has 0 saturated carbocycles.